The summed E-state index contributed by atoms with van der Waals surface area (Å²) >= 11 is 5.92. The van der Waals surface area contributed by atoms with Crippen molar-refractivity contribution in [3.8, 4) is 16.9 Å². The van der Waals surface area contributed by atoms with E-state index in [2.05, 4.69) is 25.5 Å². The molecule has 1 N–H and O–H groups in total. The summed E-state index contributed by atoms with van der Waals surface area (Å²) in [5.74, 6) is -0.260. The number of halogens is 2. The molecule has 0 saturated heterocycles. The van der Waals surface area contributed by atoms with E-state index in [0.717, 1.165) is 11.1 Å². The van der Waals surface area contributed by atoms with Gasteiger partial charge >= 0.3 is 5.97 Å². The maximum atomic E-state index is 13.6. The topological polar surface area (TPSA) is 94.8 Å². The minimum absolute atomic E-state index is 0.0190. The Kier molecular flexibility index (Phi) is 6.87. The van der Waals surface area contributed by atoms with Gasteiger partial charge < -0.3 is 10.1 Å². The molecule has 0 aliphatic rings. The van der Waals surface area contributed by atoms with E-state index in [-0.39, 0.29) is 11.0 Å². The third-order valence-corrected chi connectivity index (χ3v) is 5.61. The summed E-state index contributed by atoms with van der Waals surface area (Å²) in [4.78, 5) is 22.3. The standard InChI is InChI=1S/C27H20ClFN6O2/c1-2-37-25(36)13-10-17-6-5-7-18(14-17)20-16-30-27(31-19-11-12-22(29)21(28)15-19)32-26(20)35-33-23-8-3-4-9-24(23)34-35/h3-16H,2H2,1H3,(H,30,31,32). The minimum atomic E-state index is -0.520. The number of fused-ring (bicyclic) bond motifs is 1. The van der Waals surface area contributed by atoms with E-state index in [9.17, 15) is 9.18 Å². The summed E-state index contributed by atoms with van der Waals surface area (Å²) in [6.07, 6.45) is 4.71. The normalized spacial score (nSPS) is 11.2. The Labute approximate surface area is 216 Å². The summed E-state index contributed by atoms with van der Waals surface area (Å²) in [5.41, 5.74) is 4.18. The molecule has 5 rings (SSSR count). The minimum Gasteiger partial charge on any atom is -0.463 e. The molecule has 2 heterocycles. The quantitative estimate of drug-likeness (QED) is 0.210. The molecule has 0 aliphatic carbocycles. The van der Waals surface area contributed by atoms with Gasteiger partial charge in [0.1, 0.15) is 16.9 Å². The third-order valence-electron chi connectivity index (χ3n) is 5.32. The predicted octanol–water partition coefficient (Wildman–Crippen LogP) is 5.99. The van der Waals surface area contributed by atoms with Crippen molar-refractivity contribution in [3.05, 3.63) is 95.4 Å². The van der Waals surface area contributed by atoms with Gasteiger partial charge in [0.05, 0.1) is 11.6 Å². The van der Waals surface area contributed by atoms with Crippen LogP contribution in [-0.4, -0.2) is 37.5 Å². The Balaban J connectivity index is 1.57. The van der Waals surface area contributed by atoms with Crippen LogP contribution in [0, 0.1) is 5.82 Å². The van der Waals surface area contributed by atoms with Crippen molar-refractivity contribution in [3.63, 3.8) is 0 Å². The van der Waals surface area contributed by atoms with Crippen LogP contribution in [0.25, 0.3) is 34.1 Å². The van der Waals surface area contributed by atoms with Crippen LogP contribution < -0.4 is 5.32 Å². The van der Waals surface area contributed by atoms with Crippen molar-refractivity contribution in [1.29, 1.82) is 0 Å². The number of anilines is 2. The molecule has 0 bridgehead atoms. The number of aromatic nitrogens is 5. The molecule has 10 heteroatoms. The molecular formula is C27H20ClFN6O2. The SMILES string of the molecule is CCOC(=O)C=Cc1cccc(-c2cnc(Nc3ccc(F)c(Cl)c3)nc2-n2nc3ccccc3n2)c1. The molecule has 5 aromatic rings. The van der Waals surface area contributed by atoms with Crippen LogP contribution in [0.15, 0.2) is 79.0 Å². The van der Waals surface area contributed by atoms with E-state index in [1.54, 1.807) is 19.2 Å². The van der Waals surface area contributed by atoms with E-state index < -0.39 is 11.8 Å². The summed E-state index contributed by atoms with van der Waals surface area (Å²) in [5, 5.41) is 12.2. The summed E-state index contributed by atoms with van der Waals surface area (Å²) in [6.45, 7) is 2.06. The number of rotatable bonds is 7. The number of nitrogens with one attached hydrogen (secondary N) is 1. The number of carbonyl (C=O) groups excluding carboxylic acids is 1. The second kappa shape index (κ2) is 10.5. The summed E-state index contributed by atoms with van der Waals surface area (Å²) in [6, 6.07) is 19.3. The smallest absolute Gasteiger partial charge is 0.330 e. The van der Waals surface area contributed by atoms with Gasteiger partial charge in [-0.05, 0) is 60.5 Å². The van der Waals surface area contributed by atoms with Gasteiger partial charge in [0.15, 0.2) is 5.82 Å². The monoisotopic (exact) mass is 514 g/mol. The van der Waals surface area contributed by atoms with Gasteiger partial charge in [-0.1, -0.05) is 41.9 Å². The van der Waals surface area contributed by atoms with Crippen LogP contribution in [0.1, 0.15) is 12.5 Å². The Morgan fingerprint density at radius 3 is 2.59 bits per heavy atom. The van der Waals surface area contributed by atoms with Gasteiger partial charge in [-0.15, -0.1) is 15.0 Å². The molecule has 37 heavy (non-hydrogen) atoms. The van der Waals surface area contributed by atoms with Crippen LogP contribution in [0.3, 0.4) is 0 Å². The fraction of sp³-hybridized carbons (Fsp3) is 0.0741. The number of esters is 1. The molecule has 0 saturated carbocycles. The van der Waals surface area contributed by atoms with Gasteiger partial charge in [-0.2, -0.15) is 4.98 Å². The van der Waals surface area contributed by atoms with Crippen molar-refractivity contribution in [2.45, 2.75) is 6.92 Å². The maximum absolute atomic E-state index is 13.6. The summed E-state index contributed by atoms with van der Waals surface area (Å²) in [7, 11) is 0. The lowest BCUT2D eigenvalue weighted by molar-refractivity contribution is -0.137. The number of carbonyl (C=O) groups is 1. The van der Waals surface area contributed by atoms with Crippen molar-refractivity contribution in [1.82, 2.24) is 25.0 Å². The molecule has 2 aromatic heterocycles. The van der Waals surface area contributed by atoms with E-state index in [4.69, 9.17) is 16.3 Å². The second-order valence-electron chi connectivity index (χ2n) is 7.87. The fourth-order valence-electron chi connectivity index (χ4n) is 3.61. The number of hydrogen-bond acceptors (Lipinski definition) is 7. The highest BCUT2D eigenvalue weighted by molar-refractivity contribution is 6.31. The maximum Gasteiger partial charge on any atom is 0.330 e. The molecule has 0 fully saturated rings. The lowest BCUT2D eigenvalue weighted by atomic mass is 10.0. The average molecular weight is 515 g/mol. The molecule has 0 radical (unpaired) electrons. The lowest BCUT2D eigenvalue weighted by Crippen LogP contribution is -2.08. The molecule has 0 amide bonds. The molecule has 8 nitrogen and oxygen atoms in total. The molecule has 0 atom stereocenters. The second-order valence-corrected chi connectivity index (χ2v) is 8.28. The Morgan fingerprint density at radius 1 is 1.08 bits per heavy atom. The van der Waals surface area contributed by atoms with Crippen LogP contribution in [0.5, 0.6) is 0 Å². The van der Waals surface area contributed by atoms with Crippen LogP contribution >= 0.6 is 11.6 Å². The zero-order chi connectivity index (χ0) is 25.8. The highest BCUT2D eigenvalue weighted by atomic mass is 35.5. The van der Waals surface area contributed by atoms with Crippen LogP contribution in [0.4, 0.5) is 16.0 Å². The van der Waals surface area contributed by atoms with Crippen LogP contribution in [0.2, 0.25) is 5.02 Å². The third kappa shape index (κ3) is 5.46. The van der Waals surface area contributed by atoms with Gasteiger partial charge in [0, 0.05) is 23.5 Å². The van der Waals surface area contributed by atoms with E-state index in [0.29, 0.717) is 34.7 Å². The van der Waals surface area contributed by atoms with Gasteiger partial charge in [0.25, 0.3) is 0 Å². The molecule has 0 unspecified atom stereocenters. The van der Waals surface area contributed by atoms with Crippen molar-refractivity contribution in [2.75, 3.05) is 11.9 Å². The fourth-order valence-corrected chi connectivity index (χ4v) is 3.79. The number of hydrogen-bond donors (Lipinski definition) is 1. The summed E-state index contributed by atoms with van der Waals surface area (Å²) < 4.78 is 18.6. The van der Waals surface area contributed by atoms with Gasteiger partial charge in [0.2, 0.25) is 5.95 Å². The zero-order valence-corrected chi connectivity index (χ0v) is 20.4. The highest BCUT2D eigenvalue weighted by Crippen LogP contribution is 2.28. The zero-order valence-electron chi connectivity index (χ0n) is 19.6. The van der Waals surface area contributed by atoms with Crippen molar-refractivity contribution in [2.24, 2.45) is 0 Å². The molecule has 0 aliphatic heterocycles. The number of benzene rings is 3. The Hall–Kier alpha value is -4.63. The first-order chi connectivity index (χ1) is 18.0. The van der Waals surface area contributed by atoms with Gasteiger partial charge in [-0.25, -0.2) is 14.2 Å². The number of nitrogens with zero attached hydrogens (tertiary/aromatic N) is 5. The van der Waals surface area contributed by atoms with Gasteiger partial charge in [-0.3, -0.25) is 0 Å². The lowest BCUT2D eigenvalue weighted by Gasteiger charge is -2.11. The molecular weight excluding hydrogens is 495 g/mol. The Morgan fingerprint density at radius 2 is 1.86 bits per heavy atom. The first-order valence-corrected chi connectivity index (χ1v) is 11.7. The predicted molar refractivity (Wildman–Crippen MR) is 140 cm³/mol. The largest absolute Gasteiger partial charge is 0.463 e. The van der Waals surface area contributed by atoms with Crippen LogP contribution in [-0.2, 0) is 9.53 Å². The molecule has 0 spiro atoms. The van der Waals surface area contributed by atoms with Crippen molar-refractivity contribution < 1.29 is 13.9 Å². The average Bonchev–Trinajstić information content (AvgIpc) is 3.34. The van der Waals surface area contributed by atoms with Crippen molar-refractivity contribution >= 4 is 46.3 Å². The molecule has 3 aromatic carbocycles. The number of ether oxygens (including phenoxy) is 1. The van der Waals surface area contributed by atoms with E-state index >= 15 is 0 Å². The first-order valence-electron chi connectivity index (χ1n) is 11.4. The molecule has 184 valence electrons. The van der Waals surface area contributed by atoms with E-state index in [1.807, 2.05) is 48.5 Å². The Bertz CT molecular complexity index is 1600. The first kappa shape index (κ1) is 24.1. The highest BCUT2D eigenvalue weighted by Gasteiger charge is 2.15. The van der Waals surface area contributed by atoms with E-state index in [1.165, 1.54) is 29.1 Å².